The summed E-state index contributed by atoms with van der Waals surface area (Å²) in [6.45, 7) is 0. The number of hydrogen-bond acceptors (Lipinski definition) is 2. The van der Waals surface area contributed by atoms with Gasteiger partial charge in [-0.05, 0) is 6.07 Å². The van der Waals surface area contributed by atoms with Gasteiger partial charge in [-0.15, -0.1) is 0 Å². The second-order valence-corrected chi connectivity index (χ2v) is 2.10. The zero-order valence-corrected chi connectivity index (χ0v) is 5.36. The molecule has 2 aliphatic heterocycles. The Kier molecular flexibility index (Phi) is 1.10. The molecular formula is C8H6N2. The van der Waals surface area contributed by atoms with Crippen LogP contribution in [-0.2, 0) is 0 Å². The third-order valence-electron chi connectivity index (χ3n) is 1.42. The van der Waals surface area contributed by atoms with Crippen LogP contribution in [0.25, 0.3) is 11.1 Å². The molecule has 0 amide bonds. The van der Waals surface area contributed by atoms with Crippen LogP contribution in [0.4, 0.5) is 0 Å². The van der Waals surface area contributed by atoms with Crippen LogP contribution >= 0.6 is 0 Å². The van der Waals surface area contributed by atoms with E-state index in [0.29, 0.717) is 0 Å². The van der Waals surface area contributed by atoms with E-state index in [1.807, 2.05) is 30.7 Å². The molecule has 0 aromatic carbocycles. The van der Waals surface area contributed by atoms with E-state index in [4.69, 9.17) is 0 Å². The smallest absolute Gasteiger partial charge is 0.0362 e. The van der Waals surface area contributed by atoms with Gasteiger partial charge in [-0.25, -0.2) is 0 Å². The molecule has 0 unspecified atom stereocenters. The minimum Gasteiger partial charge on any atom is -0.264 e. The summed E-state index contributed by atoms with van der Waals surface area (Å²) in [4.78, 5) is 8.00. The van der Waals surface area contributed by atoms with Crippen molar-refractivity contribution in [3.8, 4) is 11.1 Å². The summed E-state index contributed by atoms with van der Waals surface area (Å²) in [6, 6.07) is 3.90. The molecule has 0 aliphatic carbocycles. The van der Waals surface area contributed by atoms with Crippen LogP contribution in [0, 0.1) is 0 Å². The van der Waals surface area contributed by atoms with Crippen molar-refractivity contribution in [1.82, 2.24) is 9.97 Å². The zero-order chi connectivity index (χ0) is 6.81. The largest absolute Gasteiger partial charge is 0.264 e. The van der Waals surface area contributed by atoms with Gasteiger partial charge in [-0.2, -0.15) is 0 Å². The molecule has 0 atom stereocenters. The van der Waals surface area contributed by atoms with Crippen LogP contribution in [-0.4, -0.2) is 9.97 Å². The molecular weight excluding hydrogens is 124 g/mol. The van der Waals surface area contributed by atoms with E-state index in [1.165, 1.54) is 0 Å². The average Bonchev–Trinajstić information content (AvgIpc) is 2.28. The summed E-state index contributed by atoms with van der Waals surface area (Å²) < 4.78 is 0. The maximum Gasteiger partial charge on any atom is 0.0362 e. The van der Waals surface area contributed by atoms with Crippen molar-refractivity contribution in [2.24, 2.45) is 0 Å². The van der Waals surface area contributed by atoms with E-state index in [1.54, 1.807) is 6.20 Å². The fourth-order valence-electron chi connectivity index (χ4n) is 0.914. The van der Waals surface area contributed by atoms with Crippen LogP contribution < -0.4 is 0 Å². The summed E-state index contributed by atoms with van der Waals surface area (Å²) in [5, 5.41) is 0. The van der Waals surface area contributed by atoms with Crippen molar-refractivity contribution in [2.45, 2.75) is 0 Å². The maximum absolute atomic E-state index is 4.01. The minimum absolute atomic E-state index is 1.09. The normalized spacial score (nSPS) is 10.0. The maximum atomic E-state index is 4.01. The molecule has 0 fully saturated rings. The number of hydrogen-bond donors (Lipinski definition) is 0. The molecule has 0 saturated heterocycles. The number of fused-ring (bicyclic) bond motifs is 1. The van der Waals surface area contributed by atoms with Gasteiger partial charge in [0.25, 0.3) is 0 Å². The molecule has 2 heteroatoms. The van der Waals surface area contributed by atoms with Crippen molar-refractivity contribution in [3.63, 3.8) is 0 Å². The molecule has 0 aromatic heterocycles. The predicted molar refractivity (Wildman–Crippen MR) is 38.7 cm³/mol. The van der Waals surface area contributed by atoms with Gasteiger partial charge in [-0.1, -0.05) is 6.07 Å². The van der Waals surface area contributed by atoms with E-state index in [0.717, 1.165) is 11.1 Å². The average molecular weight is 130 g/mol. The van der Waals surface area contributed by atoms with Crippen LogP contribution in [0.1, 0.15) is 0 Å². The SMILES string of the molecule is c1cncc2cncc-2c1. The first-order chi connectivity index (χ1) is 4.97. The first-order valence-electron chi connectivity index (χ1n) is 3.10. The minimum atomic E-state index is 1.09. The van der Waals surface area contributed by atoms with E-state index >= 15 is 0 Å². The highest BCUT2D eigenvalue weighted by Gasteiger charge is 1.97. The van der Waals surface area contributed by atoms with Gasteiger partial charge < -0.3 is 0 Å². The molecule has 48 valence electrons. The van der Waals surface area contributed by atoms with Crippen molar-refractivity contribution in [1.29, 1.82) is 0 Å². The van der Waals surface area contributed by atoms with Gasteiger partial charge in [0.05, 0.1) is 0 Å². The summed E-state index contributed by atoms with van der Waals surface area (Å²) >= 11 is 0. The molecule has 0 radical (unpaired) electrons. The van der Waals surface area contributed by atoms with Crippen LogP contribution in [0.5, 0.6) is 0 Å². The van der Waals surface area contributed by atoms with Gasteiger partial charge in [0.15, 0.2) is 0 Å². The Hall–Kier alpha value is -1.44. The lowest BCUT2D eigenvalue weighted by molar-refractivity contribution is 1.36. The lowest BCUT2D eigenvalue weighted by Crippen LogP contribution is -1.62. The Morgan fingerprint density at radius 2 is 1.70 bits per heavy atom. The lowest BCUT2D eigenvalue weighted by atomic mass is 10.2. The number of nitrogens with zero attached hydrogens (tertiary/aromatic N) is 2. The second kappa shape index (κ2) is 2.06. The molecule has 0 bridgehead atoms. The van der Waals surface area contributed by atoms with Gasteiger partial charge in [0, 0.05) is 35.9 Å². The standard InChI is InChI=1S/C8H6N2/c1-2-7-4-10-6-8(7)5-9-3-1/h1-6H. The van der Waals surface area contributed by atoms with Gasteiger partial charge in [0.2, 0.25) is 0 Å². The first-order valence-corrected chi connectivity index (χ1v) is 3.10. The second-order valence-electron chi connectivity index (χ2n) is 2.10. The Morgan fingerprint density at radius 3 is 2.70 bits per heavy atom. The van der Waals surface area contributed by atoms with Gasteiger partial charge in [0.1, 0.15) is 0 Å². The Morgan fingerprint density at radius 1 is 0.900 bits per heavy atom. The Balaban J connectivity index is 2.74. The van der Waals surface area contributed by atoms with Crippen molar-refractivity contribution < 1.29 is 0 Å². The molecule has 2 nitrogen and oxygen atoms in total. The fraction of sp³-hybridized carbons (Fsp3) is 0. The highest BCUT2D eigenvalue weighted by atomic mass is 14.7. The summed E-state index contributed by atoms with van der Waals surface area (Å²) in [6.07, 6.45) is 7.21. The zero-order valence-electron chi connectivity index (χ0n) is 5.36. The fourth-order valence-corrected chi connectivity index (χ4v) is 0.914. The highest BCUT2D eigenvalue weighted by Crippen LogP contribution is 2.16. The summed E-state index contributed by atoms with van der Waals surface area (Å²) in [7, 11) is 0. The van der Waals surface area contributed by atoms with Crippen molar-refractivity contribution in [2.75, 3.05) is 0 Å². The molecule has 0 aromatic rings. The third-order valence-corrected chi connectivity index (χ3v) is 1.42. The van der Waals surface area contributed by atoms with E-state index in [9.17, 15) is 0 Å². The van der Waals surface area contributed by atoms with Crippen molar-refractivity contribution in [3.05, 3.63) is 36.9 Å². The first kappa shape index (κ1) is 5.35. The summed E-state index contributed by atoms with van der Waals surface area (Å²) in [5.41, 5.74) is 2.22. The van der Waals surface area contributed by atoms with E-state index in [2.05, 4.69) is 9.97 Å². The highest BCUT2D eigenvalue weighted by molar-refractivity contribution is 5.61. The van der Waals surface area contributed by atoms with E-state index < -0.39 is 0 Å². The van der Waals surface area contributed by atoms with Crippen LogP contribution in [0.2, 0.25) is 0 Å². The quantitative estimate of drug-likeness (QED) is 0.541. The molecule has 2 rings (SSSR count). The molecule has 2 aliphatic rings. The van der Waals surface area contributed by atoms with E-state index in [-0.39, 0.29) is 0 Å². The Bertz CT molecular complexity index is 278. The molecule has 0 spiro atoms. The molecule has 0 N–H and O–H groups in total. The topological polar surface area (TPSA) is 25.8 Å². The summed E-state index contributed by atoms with van der Waals surface area (Å²) in [5.74, 6) is 0. The number of aromatic nitrogens is 2. The van der Waals surface area contributed by atoms with Crippen LogP contribution in [0.15, 0.2) is 36.9 Å². The lowest BCUT2D eigenvalue weighted by Gasteiger charge is -1.82. The van der Waals surface area contributed by atoms with Crippen LogP contribution in [0.3, 0.4) is 0 Å². The monoisotopic (exact) mass is 130 g/mol. The predicted octanol–water partition coefficient (Wildman–Crippen LogP) is 1.58. The third kappa shape index (κ3) is 0.739. The molecule has 10 heavy (non-hydrogen) atoms. The van der Waals surface area contributed by atoms with Gasteiger partial charge in [-0.3, -0.25) is 9.97 Å². The Labute approximate surface area is 58.9 Å². The molecule has 2 heterocycles. The van der Waals surface area contributed by atoms with Crippen molar-refractivity contribution >= 4 is 0 Å². The number of rotatable bonds is 0. The molecule has 0 saturated carbocycles. The van der Waals surface area contributed by atoms with Gasteiger partial charge >= 0.3 is 0 Å².